The fourth-order valence-electron chi connectivity index (χ4n) is 7.42. The van der Waals surface area contributed by atoms with Gasteiger partial charge in [-0.05, 0) is 68.1 Å². The molecule has 6 rings (SSSR count). The Morgan fingerprint density at radius 1 is 1.28 bits per heavy atom. The molecule has 7 heteroatoms. The maximum Gasteiger partial charge on any atom is 0.306 e. The second kappa shape index (κ2) is 8.08. The van der Waals surface area contributed by atoms with Crippen molar-refractivity contribution >= 4 is 23.1 Å². The van der Waals surface area contributed by atoms with Crippen LogP contribution in [0.4, 0.5) is 5.82 Å². The molecule has 4 saturated carbocycles. The number of nitrogens with two attached hydrogens (primary N) is 1. The number of hydrogen-bond donors (Lipinski definition) is 1. The van der Waals surface area contributed by atoms with Crippen LogP contribution in [0.2, 0.25) is 0 Å². The van der Waals surface area contributed by atoms with E-state index in [1.54, 1.807) is 17.5 Å². The van der Waals surface area contributed by atoms with E-state index in [2.05, 4.69) is 33.9 Å². The number of nitrogens with zero attached hydrogens (tertiary/aromatic N) is 3. The first-order valence-corrected chi connectivity index (χ1v) is 12.8. The Morgan fingerprint density at radius 3 is 2.72 bits per heavy atom. The second-order valence-corrected chi connectivity index (χ2v) is 12.0. The number of esters is 1. The smallest absolute Gasteiger partial charge is 0.306 e. The molecule has 2 heterocycles. The van der Waals surface area contributed by atoms with Crippen molar-refractivity contribution in [2.75, 3.05) is 12.3 Å². The Hall–Kier alpha value is -2.02. The van der Waals surface area contributed by atoms with Crippen LogP contribution in [0.3, 0.4) is 0 Å². The number of aromatic nitrogens is 3. The summed E-state index contributed by atoms with van der Waals surface area (Å²) >= 11 is 1.70. The number of hydrogen-bond acceptors (Lipinski definition) is 6. The van der Waals surface area contributed by atoms with Crippen LogP contribution in [-0.2, 0) is 22.5 Å². The lowest BCUT2D eigenvalue weighted by atomic mass is 9.44. The van der Waals surface area contributed by atoms with E-state index in [0.717, 1.165) is 23.8 Å². The van der Waals surface area contributed by atoms with Gasteiger partial charge in [-0.1, -0.05) is 18.3 Å². The topological polar surface area (TPSA) is 82.0 Å². The summed E-state index contributed by atoms with van der Waals surface area (Å²) < 4.78 is 7.92. The van der Waals surface area contributed by atoms with E-state index in [-0.39, 0.29) is 11.4 Å². The van der Waals surface area contributed by atoms with Crippen molar-refractivity contribution in [3.8, 4) is 0 Å². The van der Waals surface area contributed by atoms with Gasteiger partial charge in [0.1, 0.15) is 11.6 Å². The Balaban J connectivity index is 1.15. The maximum atomic E-state index is 12.8. The highest BCUT2D eigenvalue weighted by molar-refractivity contribution is 7.09. The second-order valence-electron chi connectivity index (χ2n) is 11.1. The lowest BCUT2D eigenvalue weighted by molar-refractivity contribution is -0.689. The highest BCUT2D eigenvalue weighted by Crippen LogP contribution is 2.66. The molecule has 6 nitrogen and oxygen atoms in total. The number of carbonyl (C=O) groups excluding carboxylic acids is 1. The SMILES string of the molecule is Cc1ncc(C[n+]2csc(CCOC(=O)CC34C[C@H]5C[C@@H](CC(C)(C5)C3)C4)c2C)c(N)n1. The van der Waals surface area contributed by atoms with Crippen LogP contribution in [0.25, 0.3) is 0 Å². The van der Waals surface area contributed by atoms with Gasteiger partial charge in [-0.25, -0.2) is 9.97 Å². The zero-order chi connectivity index (χ0) is 22.5. The maximum absolute atomic E-state index is 12.8. The number of rotatable bonds is 7. The molecule has 0 radical (unpaired) electrons. The van der Waals surface area contributed by atoms with Gasteiger partial charge in [0, 0.05) is 19.5 Å². The number of thiazole rings is 1. The van der Waals surface area contributed by atoms with Gasteiger partial charge in [0.05, 0.1) is 23.5 Å². The molecule has 4 bridgehead atoms. The molecule has 2 atom stereocenters. The summed E-state index contributed by atoms with van der Waals surface area (Å²) in [6.45, 7) is 7.50. The first-order chi connectivity index (χ1) is 15.2. The van der Waals surface area contributed by atoms with Crippen molar-refractivity contribution in [1.29, 1.82) is 0 Å². The number of anilines is 1. The average Bonchev–Trinajstić information content (AvgIpc) is 3.01. The molecule has 4 fully saturated rings. The van der Waals surface area contributed by atoms with Crippen LogP contribution in [0, 0.1) is 36.5 Å². The molecular formula is C25H35N4O2S+. The minimum atomic E-state index is 0.00205. The molecule has 0 aromatic carbocycles. The highest BCUT2D eigenvalue weighted by atomic mass is 32.1. The Bertz CT molecular complexity index is 1020. The van der Waals surface area contributed by atoms with Gasteiger partial charge in [0.25, 0.3) is 0 Å². The van der Waals surface area contributed by atoms with Gasteiger partial charge >= 0.3 is 5.97 Å². The van der Waals surface area contributed by atoms with Crippen molar-refractivity contribution in [3.63, 3.8) is 0 Å². The summed E-state index contributed by atoms with van der Waals surface area (Å²) in [6, 6.07) is 0. The lowest BCUT2D eigenvalue weighted by Gasteiger charge is -2.61. The Labute approximate surface area is 194 Å². The molecular weight excluding hydrogens is 420 g/mol. The van der Waals surface area contributed by atoms with Crippen molar-refractivity contribution in [2.24, 2.45) is 22.7 Å². The van der Waals surface area contributed by atoms with Gasteiger partial charge in [-0.2, -0.15) is 4.57 Å². The fourth-order valence-corrected chi connectivity index (χ4v) is 8.39. The largest absolute Gasteiger partial charge is 0.465 e. The highest BCUT2D eigenvalue weighted by Gasteiger charge is 2.56. The first kappa shape index (κ1) is 21.8. The minimum Gasteiger partial charge on any atom is -0.465 e. The van der Waals surface area contributed by atoms with E-state index in [0.29, 0.717) is 36.6 Å². The number of aryl methyl sites for hydroxylation is 1. The lowest BCUT2D eigenvalue weighted by Crippen LogP contribution is -2.51. The predicted molar refractivity (Wildman–Crippen MR) is 124 cm³/mol. The third kappa shape index (κ3) is 4.28. The van der Waals surface area contributed by atoms with Crippen LogP contribution < -0.4 is 10.3 Å². The van der Waals surface area contributed by atoms with E-state index < -0.39 is 0 Å². The third-order valence-corrected chi connectivity index (χ3v) is 9.25. The Morgan fingerprint density at radius 2 is 2.03 bits per heavy atom. The molecule has 0 saturated heterocycles. The van der Waals surface area contributed by atoms with Crippen LogP contribution >= 0.6 is 11.3 Å². The van der Waals surface area contributed by atoms with E-state index in [4.69, 9.17) is 10.5 Å². The van der Waals surface area contributed by atoms with Crippen molar-refractivity contribution in [1.82, 2.24) is 9.97 Å². The molecule has 172 valence electrons. The summed E-state index contributed by atoms with van der Waals surface area (Å²) in [6.07, 6.45) is 11.0. The standard InChI is InChI=1S/C25H35N4O2S/c1-16-21(32-15-29(16)13-20-12-27-17(2)28-23(20)26)4-5-31-22(30)11-25-9-18-6-19(10-25)8-24(3,7-18)14-25/h12,15,18-19H,4-11,13-14H2,1-3H3,(H2,26,27,28)/q+1/t18-,19-,24?,25?/m0/s1. The molecule has 2 aromatic heterocycles. The van der Waals surface area contributed by atoms with Crippen LogP contribution in [-0.4, -0.2) is 22.5 Å². The Kier molecular flexibility index (Phi) is 5.51. The van der Waals surface area contributed by atoms with E-state index >= 15 is 0 Å². The number of nitrogen functional groups attached to an aromatic ring is 1. The minimum absolute atomic E-state index is 0.00205. The van der Waals surface area contributed by atoms with Gasteiger partial charge in [0.15, 0.2) is 12.2 Å². The normalized spacial score (nSPS) is 30.6. The van der Waals surface area contributed by atoms with Crippen LogP contribution in [0.5, 0.6) is 0 Å². The van der Waals surface area contributed by atoms with Crippen molar-refractivity contribution < 1.29 is 14.1 Å². The van der Waals surface area contributed by atoms with Crippen LogP contribution in [0.15, 0.2) is 11.7 Å². The average molecular weight is 456 g/mol. The first-order valence-electron chi connectivity index (χ1n) is 11.9. The summed E-state index contributed by atoms with van der Waals surface area (Å²) in [5.41, 5.74) is 10.9. The molecule has 4 aliphatic carbocycles. The van der Waals surface area contributed by atoms with E-state index in [9.17, 15) is 4.79 Å². The monoisotopic (exact) mass is 455 g/mol. The number of carbonyl (C=O) groups is 1. The summed E-state index contributed by atoms with van der Waals surface area (Å²) in [5.74, 6) is 2.90. The fraction of sp³-hybridized carbons (Fsp3) is 0.680. The van der Waals surface area contributed by atoms with Gasteiger partial charge in [0.2, 0.25) is 5.51 Å². The number of ether oxygens (including phenoxy) is 1. The molecule has 0 spiro atoms. The van der Waals surface area contributed by atoms with Gasteiger partial charge < -0.3 is 10.5 Å². The molecule has 32 heavy (non-hydrogen) atoms. The van der Waals surface area contributed by atoms with E-state index in [1.807, 2.05) is 6.92 Å². The van der Waals surface area contributed by atoms with Gasteiger partial charge in [-0.15, -0.1) is 0 Å². The molecule has 4 aliphatic rings. The zero-order valence-corrected chi connectivity index (χ0v) is 20.3. The summed E-state index contributed by atoms with van der Waals surface area (Å²) in [4.78, 5) is 22.5. The van der Waals surface area contributed by atoms with Crippen LogP contribution in [0.1, 0.15) is 73.8 Å². The predicted octanol–water partition coefficient (Wildman–Crippen LogP) is 4.16. The molecule has 0 aliphatic heterocycles. The van der Waals surface area contributed by atoms with Crippen molar-refractivity contribution in [3.05, 3.63) is 33.7 Å². The molecule has 0 amide bonds. The molecule has 0 unspecified atom stereocenters. The van der Waals surface area contributed by atoms with Crippen molar-refractivity contribution in [2.45, 2.75) is 78.7 Å². The molecule has 2 aromatic rings. The summed E-state index contributed by atoms with van der Waals surface area (Å²) in [7, 11) is 0. The molecule has 2 N–H and O–H groups in total. The van der Waals surface area contributed by atoms with E-state index in [1.165, 1.54) is 49.1 Å². The van der Waals surface area contributed by atoms with Gasteiger partial charge in [-0.3, -0.25) is 4.79 Å². The summed E-state index contributed by atoms with van der Waals surface area (Å²) in [5, 5.41) is 0. The zero-order valence-electron chi connectivity index (χ0n) is 19.5. The quantitative estimate of drug-likeness (QED) is 0.501. The third-order valence-electron chi connectivity index (χ3n) is 8.10.